The number of phosphoric acid groups is 1. The third kappa shape index (κ3) is 74.9. The Morgan fingerprint density at radius 3 is 1.12 bits per heavy atom. The van der Waals surface area contributed by atoms with Crippen molar-refractivity contribution in [3.63, 3.8) is 0 Å². The second-order valence-corrected chi connectivity index (χ2v) is 1.34. The number of hydrogen-bond donors (Lipinski definition) is 0. The molecule has 0 bridgehead atoms. The van der Waals surface area contributed by atoms with Crippen LogP contribution >= 0.6 is 7.82 Å². The van der Waals surface area contributed by atoms with Crippen molar-refractivity contribution in [2.24, 2.45) is 0 Å². The van der Waals surface area contributed by atoms with Crippen molar-refractivity contribution in [2.75, 3.05) is 0 Å². The minimum absolute atomic E-state index is 0. The second kappa shape index (κ2) is 9.55. The second-order valence-electron chi connectivity index (χ2n) is 0.447. The maximum Gasteiger partial charge on any atom is 4.00 e. The summed E-state index contributed by atoms with van der Waals surface area (Å²) in [7, 11) is -5.39. The van der Waals surface area contributed by atoms with E-state index in [0.717, 1.165) is 0 Å². The average Bonchev–Trinajstić information content (AvgIpc) is 0.722. The van der Waals surface area contributed by atoms with Crippen LogP contribution < -0.4 is 14.7 Å². The van der Waals surface area contributed by atoms with Crippen LogP contribution in [0.1, 0.15) is 0 Å². The largest absolute Gasteiger partial charge is 4.00 e. The molecular weight excluding hydrogens is 309 g/mol. The van der Waals surface area contributed by atoms with E-state index in [-0.39, 0.29) is 74.7 Å². The third-order valence-electron chi connectivity index (χ3n) is 0. The predicted molar refractivity (Wildman–Crippen MR) is 13.4 cm³/mol. The van der Waals surface area contributed by atoms with Crippen molar-refractivity contribution in [3.05, 3.63) is 0 Å². The Morgan fingerprint density at radius 1 is 1.12 bits per heavy atom. The van der Waals surface area contributed by atoms with E-state index in [2.05, 4.69) is 0 Å². The molecule has 0 aromatic heterocycles. The van der Waals surface area contributed by atoms with Gasteiger partial charge in [-0.2, -0.15) is 7.82 Å². The summed E-state index contributed by atoms with van der Waals surface area (Å²) in [6.07, 6.45) is 0. The van der Waals surface area contributed by atoms with Crippen LogP contribution in [-0.4, -0.2) is 17.4 Å². The Hall–Kier alpha value is 2.55. The molecule has 0 unspecified atom stereocenters. The van der Waals surface area contributed by atoms with Crippen LogP contribution in [0.2, 0.25) is 0 Å². The van der Waals surface area contributed by atoms with E-state index in [1.54, 1.807) is 0 Å². The fraction of sp³-hybridized carbons (Fsp3) is 0. The predicted octanol–water partition coefficient (Wildman–Crippen LogP) is -3.21. The minimum atomic E-state index is -5.39. The monoisotopic (exact) mass is 309 g/mol. The first kappa shape index (κ1) is 22.4. The summed E-state index contributed by atoms with van der Waals surface area (Å²) >= 11 is 0. The van der Waals surface area contributed by atoms with E-state index in [1.807, 2.05) is 0 Å². The summed E-state index contributed by atoms with van der Waals surface area (Å²) in [5, 5.41) is 0. The third-order valence-corrected chi connectivity index (χ3v) is 0. The fourth-order valence-electron chi connectivity index (χ4n) is 0. The van der Waals surface area contributed by atoms with Gasteiger partial charge in [-0.15, -0.1) is 0 Å². The zero-order chi connectivity index (χ0) is 4.50. The van der Waals surface area contributed by atoms with Crippen LogP contribution in [0.4, 0.5) is 0 Å². The summed E-state index contributed by atoms with van der Waals surface area (Å²) < 4.78 is 8.55. The van der Waals surface area contributed by atoms with Gasteiger partial charge < -0.3 is 19.2 Å². The molecule has 0 saturated heterocycles. The summed E-state index contributed by atoms with van der Waals surface area (Å²) in [5.74, 6) is 0. The Kier molecular flexibility index (Phi) is 26.8. The molecule has 0 amide bonds. The maximum atomic E-state index is 8.55. The first-order valence-corrected chi connectivity index (χ1v) is 2.19. The van der Waals surface area contributed by atoms with E-state index in [1.165, 1.54) is 0 Å². The first-order valence-electron chi connectivity index (χ1n) is 0.730. The van der Waals surface area contributed by atoms with Gasteiger partial charge in [-0.25, -0.2) is 0 Å². The molecule has 0 aliphatic rings. The Morgan fingerprint density at radius 2 is 1.12 bits per heavy atom. The number of hydrogen-bond acceptors (Lipinski definition) is 4. The molecule has 0 N–H and O–H groups in total. The van der Waals surface area contributed by atoms with Crippen molar-refractivity contribution >= 4 is 25.2 Å². The Labute approximate surface area is 100 Å². The van der Waals surface area contributed by atoms with Gasteiger partial charge in [0.15, 0.2) is 0 Å². The number of rotatable bonds is 0. The summed E-state index contributed by atoms with van der Waals surface area (Å²) in [5.41, 5.74) is 0. The molecular formula is AlLaO4PTi+7. The fourth-order valence-corrected chi connectivity index (χ4v) is 0. The molecule has 0 rings (SSSR count). The zero-order valence-electron chi connectivity index (χ0n) is 3.73. The molecule has 4 nitrogen and oxygen atoms in total. The molecule has 0 aliphatic carbocycles. The van der Waals surface area contributed by atoms with Gasteiger partial charge in [0.1, 0.15) is 0 Å². The van der Waals surface area contributed by atoms with Gasteiger partial charge in [0.25, 0.3) is 0 Å². The van der Waals surface area contributed by atoms with E-state index < -0.39 is 7.82 Å². The van der Waals surface area contributed by atoms with E-state index >= 15 is 0 Å². The van der Waals surface area contributed by atoms with Gasteiger partial charge in [0, 0.05) is 0 Å². The molecule has 0 aromatic carbocycles. The van der Waals surface area contributed by atoms with E-state index in [4.69, 9.17) is 19.2 Å². The molecule has 32 valence electrons. The Balaban J connectivity index is -0.0000000267. The molecule has 0 atom stereocenters. The quantitative estimate of drug-likeness (QED) is 0.348. The molecule has 0 spiro atoms. The maximum absolute atomic E-state index is 8.55. The SMILES string of the molecule is O=P([O-])([O-])[O-].[Al+3].[La+3].[Ti+4]. The topological polar surface area (TPSA) is 86.2 Å². The van der Waals surface area contributed by atoms with Gasteiger partial charge in [-0.05, 0) is 0 Å². The standard InChI is InChI=1S/Al.La.H3O4P.Ti/c;;1-5(2,3)4;/h;;(H3,1,2,3,4);/q2*+3;;+4/p-3. The van der Waals surface area contributed by atoms with Gasteiger partial charge in [0.2, 0.25) is 0 Å². The Bertz CT molecular complexity index is 62.2. The van der Waals surface area contributed by atoms with Crippen molar-refractivity contribution in [3.8, 4) is 0 Å². The molecule has 0 saturated carbocycles. The van der Waals surface area contributed by atoms with Gasteiger partial charge in [-0.3, -0.25) is 0 Å². The summed E-state index contributed by atoms with van der Waals surface area (Å²) in [4.78, 5) is 25.6. The molecule has 0 heterocycles. The molecule has 0 radical (unpaired) electrons. The first-order chi connectivity index (χ1) is 2.00. The summed E-state index contributed by atoms with van der Waals surface area (Å²) in [6.45, 7) is 0. The molecule has 0 aromatic rings. The van der Waals surface area contributed by atoms with Crippen LogP contribution in [0.15, 0.2) is 0 Å². The molecule has 8 heteroatoms. The molecule has 0 aliphatic heterocycles. The van der Waals surface area contributed by atoms with Crippen LogP contribution in [-0.2, 0) is 26.3 Å². The van der Waals surface area contributed by atoms with Crippen molar-refractivity contribution in [1.82, 2.24) is 0 Å². The van der Waals surface area contributed by atoms with Gasteiger partial charge in [0.05, 0.1) is 0 Å². The minimum Gasteiger partial charge on any atom is -0.822 e. The molecule has 8 heavy (non-hydrogen) atoms. The van der Waals surface area contributed by atoms with Crippen molar-refractivity contribution in [1.29, 1.82) is 0 Å². The van der Waals surface area contributed by atoms with E-state index in [0.29, 0.717) is 0 Å². The normalized spacial score (nSPS) is 7.38. The van der Waals surface area contributed by atoms with Crippen LogP contribution in [0.25, 0.3) is 0 Å². The van der Waals surface area contributed by atoms with Crippen LogP contribution in [0.3, 0.4) is 0 Å². The van der Waals surface area contributed by atoms with Crippen LogP contribution in [0, 0.1) is 35.6 Å². The molecule has 0 fully saturated rings. The van der Waals surface area contributed by atoms with Gasteiger partial charge >= 0.3 is 74.7 Å². The zero-order valence-corrected chi connectivity index (χ0v) is 11.0. The van der Waals surface area contributed by atoms with Gasteiger partial charge in [-0.1, -0.05) is 0 Å². The van der Waals surface area contributed by atoms with E-state index in [9.17, 15) is 0 Å². The van der Waals surface area contributed by atoms with Crippen molar-refractivity contribution in [2.45, 2.75) is 0 Å². The smallest absolute Gasteiger partial charge is 0.822 e. The van der Waals surface area contributed by atoms with Crippen LogP contribution in [0.5, 0.6) is 0 Å². The summed E-state index contributed by atoms with van der Waals surface area (Å²) in [6, 6.07) is 0. The van der Waals surface area contributed by atoms with Crippen molar-refractivity contribution < 1.29 is 76.6 Å². The average molecular weight is 309 g/mol.